The smallest absolute Gasteiger partial charge is 0.359 e. The molecule has 3 N–H and O–H groups in total. The molecular weight excluding hydrogens is 381 g/mol. The third-order valence-electron chi connectivity index (χ3n) is 4.51. The van der Waals surface area contributed by atoms with Crippen LogP contribution in [0.25, 0.3) is 22.2 Å². The van der Waals surface area contributed by atoms with E-state index in [2.05, 4.69) is 30.6 Å². The first-order valence-electron chi connectivity index (χ1n) is 8.46. The van der Waals surface area contributed by atoms with Crippen LogP contribution in [0.5, 0.6) is 0 Å². The molecule has 0 spiro atoms. The summed E-state index contributed by atoms with van der Waals surface area (Å²) in [5.74, 6) is 0.168. The van der Waals surface area contributed by atoms with E-state index >= 15 is 0 Å². The Hall–Kier alpha value is -2.39. The Morgan fingerprint density at radius 3 is 2.81 bits per heavy atom. The average molecular weight is 397 g/mol. The van der Waals surface area contributed by atoms with Crippen LogP contribution in [0.1, 0.15) is 18.4 Å². The predicted octanol–water partition coefficient (Wildman–Crippen LogP) is 3.86. The first-order valence-corrected chi connectivity index (χ1v) is 8.84. The second-order valence-corrected chi connectivity index (χ2v) is 6.78. The summed E-state index contributed by atoms with van der Waals surface area (Å²) in [5, 5.41) is 7.07. The minimum atomic E-state index is -4.58. The van der Waals surface area contributed by atoms with Gasteiger partial charge in [0.25, 0.3) is 0 Å². The maximum atomic E-state index is 13.6. The van der Waals surface area contributed by atoms with Crippen LogP contribution in [0.15, 0.2) is 24.7 Å². The first kappa shape index (κ1) is 18.0. The molecule has 0 unspecified atom stereocenters. The van der Waals surface area contributed by atoms with Crippen LogP contribution in [0.4, 0.5) is 19.1 Å². The fourth-order valence-corrected chi connectivity index (χ4v) is 3.37. The van der Waals surface area contributed by atoms with Gasteiger partial charge in [0.2, 0.25) is 5.95 Å². The molecular formula is C17H16ClF3N6. The van der Waals surface area contributed by atoms with E-state index in [0.717, 1.165) is 25.6 Å². The SMILES string of the molecule is FC(F)(F)c1cnc(N[C@H]2CCCNC2)nc1-c1c[nH]c2cnc(Cl)cc12. The van der Waals surface area contributed by atoms with Crippen molar-refractivity contribution in [3.63, 3.8) is 0 Å². The number of hydrogen-bond acceptors (Lipinski definition) is 5. The van der Waals surface area contributed by atoms with Crippen molar-refractivity contribution in [3.05, 3.63) is 35.4 Å². The van der Waals surface area contributed by atoms with Crippen LogP contribution >= 0.6 is 11.6 Å². The summed E-state index contributed by atoms with van der Waals surface area (Å²) in [7, 11) is 0. The summed E-state index contributed by atoms with van der Waals surface area (Å²) in [6.45, 7) is 1.65. The summed E-state index contributed by atoms with van der Waals surface area (Å²) in [6.07, 6.45) is 1.08. The van der Waals surface area contributed by atoms with E-state index < -0.39 is 11.7 Å². The molecule has 3 aromatic heterocycles. The van der Waals surface area contributed by atoms with Gasteiger partial charge in [-0.05, 0) is 25.5 Å². The zero-order chi connectivity index (χ0) is 19.0. The van der Waals surface area contributed by atoms with Gasteiger partial charge in [0, 0.05) is 35.9 Å². The number of anilines is 1. The molecule has 0 amide bonds. The van der Waals surface area contributed by atoms with E-state index in [-0.39, 0.29) is 22.8 Å². The monoisotopic (exact) mass is 396 g/mol. The fraction of sp³-hybridized carbons (Fsp3) is 0.353. The average Bonchev–Trinajstić information content (AvgIpc) is 3.04. The van der Waals surface area contributed by atoms with Crippen LogP contribution in [0.3, 0.4) is 0 Å². The van der Waals surface area contributed by atoms with Crippen LogP contribution in [0, 0.1) is 0 Å². The number of nitrogens with zero attached hydrogens (tertiary/aromatic N) is 3. The number of H-pyrrole nitrogens is 1. The third-order valence-corrected chi connectivity index (χ3v) is 4.72. The Labute approximate surface area is 157 Å². The van der Waals surface area contributed by atoms with Gasteiger partial charge in [-0.25, -0.2) is 15.0 Å². The van der Waals surface area contributed by atoms with Crippen molar-refractivity contribution in [1.29, 1.82) is 0 Å². The van der Waals surface area contributed by atoms with Crippen molar-refractivity contribution in [2.75, 3.05) is 18.4 Å². The second kappa shape index (κ2) is 6.97. The van der Waals surface area contributed by atoms with Gasteiger partial charge in [0.1, 0.15) is 10.7 Å². The highest BCUT2D eigenvalue weighted by molar-refractivity contribution is 6.30. The van der Waals surface area contributed by atoms with Crippen molar-refractivity contribution in [3.8, 4) is 11.3 Å². The number of pyridine rings is 1. The summed E-state index contributed by atoms with van der Waals surface area (Å²) >= 11 is 5.93. The van der Waals surface area contributed by atoms with Crippen LogP contribution in [0.2, 0.25) is 5.15 Å². The largest absolute Gasteiger partial charge is 0.419 e. The maximum absolute atomic E-state index is 13.6. The fourth-order valence-electron chi connectivity index (χ4n) is 3.21. The van der Waals surface area contributed by atoms with E-state index in [1.165, 1.54) is 18.5 Å². The van der Waals surface area contributed by atoms with Crippen LogP contribution in [-0.4, -0.2) is 39.1 Å². The summed E-state index contributed by atoms with van der Waals surface area (Å²) in [6, 6.07) is 1.59. The lowest BCUT2D eigenvalue weighted by molar-refractivity contribution is -0.137. The van der Waals surface area contributed by atoms with Gasteiger partial charge >= 0.3 is 6.18 Å². The Kier molecular flexibility index (Phi) is 4.65. The lowest BCUT2D eigenvalue weighted by Crippen LogP contribution is -2.38. The standard InChI is InChI=1S/C17H16ClF3N6/c18-14-4-10-11(6-23-13(10)8-24-14)15-12(17(19,20)21)7-25-16(27-15)26-9-2-1-3-22-5-9/h4,6-9,22-23H,1-3,5H2,(H,25,26,27)/t9-/m0/s1. The van der Waals surface area contributed by atoms with Crippen LogP contribution in [-0.2, 0) is 6.18 Å². The summed E-state index contributed by atoms with van der Waals surface area (Å²) < 4.78 is 40.7. The molecule has 10 heteroatoms. The lowest BCUT2D eigenvalue weighted by atomic mass is 10.1. The highest BCUT2D eigenvalue weighted by atomic mass is 35.5. The number of alkyl halides is 3. The molecule has 4 heterocycles. The first-order chi connectivity index (χ1) is 12.9. The molecule has 1 atom stereocenters. The molecule has 1 saturated heterocycles. The van der Waals surface area contributed by atoms with Gasteiger partial charge in [-0.1, -0.05) is 11.6 Å². The molecule has 1 fully saturated rings. The maximum Gasteiger partial charge on any atom is 0.419 e. The Morgan fingerprint density at radius 2 is 2.07 bits per heavy atom. The van der Waals surface area contributed by atoms with E-state index in [1.54, 1.807) is 0 Å². The molecule has 0 aromatic carbocycles. The number of aromatic amines is 1. The molecule has 6 nitrogen and oxygen atoms in total. The van der Waals surface area contributed by atoms with Crippen molar-refractivity contribution in [1.82, 2.24) is 25.3 Å². The molecule has 27 heavy (non-hydrogen) atoms. The molecule has 4 rings (SSSR count). The van der Waals surface area contributed by atoms with Gasteiger partial charge in [-0.2, -0.15) is 13.2 Å². The molecule has 0 saturated carbocycles. The quantitative estimate of drug-likeness (QED) is 0.586. The Bertz CT molecular complexity index is 965. The van der Waals surface area contributed by atoms with Gasteiger partial charge in [0.05, 0.1) is 17.4 Å². The normalized spacial score (nSPS) is 18.0. The Balaban J connectivity index is 1.80. The number of aromatic nitrogens is 4. The molecule has 0 bridgehead atoms. The van der Waals surface area contributed by atoms with Crippen molar-refractivity contribution >= 4 is 28.5 Å². The second-order valence-electron chi connectivity index (χ2n) is 6.40. The highest BCUT2D eigenvalue weighted by Gasteiger charge is 2.36. The van der Waals surface area contributed by atoms with Gasteiger partial charge in [0.15, 0.2) is 0 Å². The molecule has 0 radical (unpaired) electrons. The van der Waals surface area contributed by atoms with Gasteiger partial charge in [-0.15, -0.1) is 0 Å². The van der Waals surface area contributed by atoms with E-state index in [1.807, 2.05) is 0 Å². The number of piperidine rings is 1. The van der Waals surface area contributed by atoms with Gasteiger partial charge in [-0.3, -0.25) is 0 Å². The topological polar surface area (TPSA) is 78.5 Å². The van der Waals surface area contributed by atoms with Crippen molar-refractivity contribution in [2.45, 2.75) is 25.1 Å². The summed E-state index contributed by atoms with van der Waals surface area (Å²) in [4.78, 5) is 14.9. The molecule has 1 aliphatic rings. The molecule has 0 aliphatic carbocycles. The number of rotatable bonds is 3. The van der Waals surface area contributed by atoms with E-state index in [0.29, 0.717) is 23.0 Å². The zero-order valence-electron chi connectivity index (χ0n) is 14.1. The number of nitrogens with one attached hydrogen (secondary N) is 3. The van der Waals surface area contributed by atoms with Gasteiger partial charge < -0.3 is 15.6 Å². The minimum absolute atomic E-state index is 0.0740. The Morgan fingerprint density at radius 1 is 1.22 bits per heavy atom. The number of fused-ring (bicyclic) bond motifs is 1. The van der Waals surface area contributed by atoms with Crippen molar-refractivity contribution in [2.24, 2.45) is 0 Å². The van der Waals surface area contributed by atoms with Crippen LogP contribution < -0.4 is 10.6 Å². The number of hydrogen-bond donors (Lipinski definition) is 3. The highest BCUT2D eigenvalue weighted by Crippen LogP contribution is 2.38. The zero-order valence-corrected chi connectivity index (χ0v) is 14.8. The third kappa shape index (κ3) is 3.70. The lowest BCUT2D eigenvalue weighted by Gasteiger charge is -2.24. The molecule has 3 aromatic rings. The van der Waals surface area contributed by atoms with Crippen molar-refractivity contribution < 1.29 is 13.2 Å². The minimum Gasteiger partial charge on any atom is -0.359 e. The molecule has 142 valence electrons. The van der Waals surface area contributed by atoms with E-state index in [9.17, 15) is 13.2 Å². The predicted molar refractivity (Wildman–Crippen MR) is 96.6 cm³/mol. The summed E-state index contributed by atoms with van der Waals surface area (Å²) in [5.41, 5.74) is -0.220. The molecule has 1 aliphatic heterocycles. The number of halogens is 4. The van der Waals surface area contributed by atoms with E-state index in [4.69, 9.17) is 11.6 Å².